The highest BCUT2D eigenvalue weighted by atomic mass is 16.6. The predicted octanol–water partition coefficient (Wildman–Crippen LogP) is 6.59. The third kappa shape index (κ3) is 5.14. The summed E-state index contributed by atoms with van der Waals surface area (Å²) in [7, 11) is 2.27. The predicted molar refractivity (Wildman–Crippen MR) is 151 cm³/mol. The molecule has 1 saturated heterocycles. The molecule has 5 nitrogen and oxygen atoms in total. The minimum atomic E-state index is -1.02. The molecule has 1 heterocycles. The number of aryl methyl sites for hydroxylation is 1. The van der Waals surface area contributed by atoms with Gasteiger partial charge in [-0.05, 0) is 112 Å². The number of carbonyl (C=O) groups excluding carboxylic acids is 1. The van der Waals surface area contributed by atoms with Gasteiger partial charge < -0.3 is 19.8 Å². The van der Waals surface area contributed by atoms with Crippen molar-refractivity contribution in [2.24, 2.45) is 23.2 Å². The van der Waals surface area contributed by atoms with Crippen molar-refractivity contribution >= 4 is 5.97 Å². The highest BCUT2D eigenvalue weighted by Crippen LogP contribution is 2.68. The molecule has 38 heavy (non-hydrogen) atoms. The summed E-state index contributed by atoms with van der Waals surface area (Å²) in [6.45, 7) is 6.92. The van der Waals surface area contributed by atoms with Crippen LogP contribution in [-0.2, 0) is 16.0 Å². The summed E-state index contributed by atoms with van der Waals surface area (Å²) in [6, 6.07) is 6.02. The summed E-state index contributed by atoms with van der Waals surface area (Å²) in [5.41, 5.74) is 1.44. The van der Waals surface area contributed by atoms with E-state index in [1.165, 1.54) is 82.0 Å². The molecule has 7 atom stereocenters. The molecule has 2 N–H and O–H groups in total. The molecule has 0 bridgehead atoms. The van der Waals surface area contributed by atoms with Crippen LogP contribution in [0.2, 0.25) is 0 Å². The lowest BCUT2D eigenvalue weighted by Crippen LogP contribution is -2.54. The Kier molecular flexibility index (Phi) is 8.45. The SMILES string of the molecule is CCCCCCCN(C)CCCCC[C@H]1C[C@@]2(C)[C@@H](CC3OC(=O)C[C@@]32O)[C@@H]2CCc3cc(O)ccc3[C@@H]12. The average molecular weight is 526 g/mol. The second-order valence-corrected chi connectivity index (χ2v) is 13.5. The molecule has 3 fully saturated rings. The number of ether oxygens (including phenoxy) is 1. The fraction of sp³-hybridized carbons (Fsp3) is 0.788. The number of fused-ring (bicyclic) bond motifs is 7. The van der Waals surface area contributed by atoms with Crippen LogP contribution in [0, 0.1) is 23.2 Å². The number of benzene rings is 1. The van der Waals surface area contributed by atoms with E-state index >= 15 is 0 Å². The molecule has 5 heteroatoms. The molecule has 4 aliphatic rings. The van der Waals surface area contributed by atoms with E-state index in [2.05, 4.69) is 31.9 Å². The fourth-order valence-corrected chi connectivity index (χ4v) is 9.17. The van der Waals surface area contributed by atoms with Crippen LogP contribution in [0.25, 0.3) is 0 Å². The van der Waals surface area contributed by atoms with Gasteiger partial charge in [-0.2, -0.15) is 0 Å². The van der Waals surface area contributed by atoms with Gasteiger partial charge >= 0.3 is 5.97 Å². The first-order valence-corrected chi connectivity index (χ1v) is 15.7. The van der Waals surface area contributed by atoms with Gasteiger partial charge in [0.15, 0.2) is 0 Å². The zero-order valence-electron chi connectivity index (χ0n) is 24.1. The number of hydrogen-bond donors (Lipinski definition) is 2. The van der Waals surface area contributed by atoms with E-state index in [1.54, 1.807) is 0 Å². The highest BCUT2D eigenvalue weighted by molar-refractivity contribution is 5.74. The number of esters is 1. The number of hydrogen-bond acceptors (Lipinski definition) is 5. The zero-order valence-corrected chi connectivity index (χ0v) is 24.1. The standard InChI is InChI=1S/C33H51NO4/c1-4-5-6-7-10-17-34(3)18-11-8-9-12-24-21-32(2)28(20-29-33(32,37)22-30(36)38-29)27-15-13-23-19-25(35)14-16-26(23)31(24)27/h14,16,19,24,27-29,31,35,37H,4-13,15,17-18,20-22H2,1-3H3/t24-,27-,28-,29?,31+,32-,33+/m0/s1. The molecule has 5 rings (SSSR count). The van der Waals surface area contributed by atoms with Crippen LogP contribution in [0.1, 0.15) is 114 Å². The van der Waals surface area contributed by atoms with Crippen molar-refractivity contribution in [2.75, 3.05) is 20.1 Å². The van der Waals surface area contributed by atoms with Crippen LogP contribution in [0.15, 0.2) is 18.2 Å². The average Bonchev–Trinajstić information content (AvgIpc) is 3.29. The van der Waals surface area contributed by atoms with Gasteiger partial charge in [0.2, 0.25) is 0 Å². The van der Waals surface area contributed by atoms with Crippen molar-refractivity contribution < 1.29 is 19.7 Å². The molecular formula is C33H51NO4. The van der Waals surface area contributed by atoms with Crippen molar-refractivity contribution in [1.29, 1.82) is 0 Å². The molecule has 212 valence electrons. The maximum atomic E-state index is 12.2. The number of unbranched alkanes of at least 4 members (excludes halogenated alkanes) is 6. The van der Waals surface area contributed by atoms with Crippen molar-refractivity contribution in [3.63, 3.8) is 0 Å². The van der Waals surface area contributed by atoms with Gasteiger partial charge in [-0.15, -0.1) is 0 Å². The van der Waals surface area contributed by atoms with E-state index in [1.807, 2.05) is 12.1 Å². The molecule has 0 spiro atoms. The van der Waals surface area contributed by atoms with Crippen LogP contribution >= 0.6 is 0 Å². The Morgan fingerprint density at radius 2 is 1.82 bits per heavy atom. The van der Waals surface area contributed by atoms with E-state index in [0.717, 1.165) is 25.7 Å². The monoisotopic (exact) mass is 525 g/mol. The van der Waals surface area contributed by atoms with Gasteiger partial charge in [0.05, 0.1) is 6.42 Å². The number of rotatable bonds is 12. The van der Waals surface area contributed by atoms with E-state index in [9.17, 15) is 15.0 Å². The summed E-state index contributed by atoms with van der Waals surface area (Å²) >= 11 is 0. The van der Waals surface area contributed by atoms with Gasteiger partial charge in [-0.3, -0.25) is 4.79 Å². The van der Waals surface area contributed by atoms with Crippen LogP contribution < -0.4 is 0 Å². The Balaban J connectivity index is 1.24. The summed E-state index contributed by atoms with van der Waals surface area (Å²) in [4.78, 5) is 14.7. The molecule has 0 amide bonds. The Labute approximate surface area is 230 Å². The molecule has 2 saturated carbocycles. The lowest BCUT2D eigenvalue weighted by atomic mass is 9.49. The second-order valence-electron chi connectivity index (χ2n) is 13.5. The van der Waals surface area contributed by atoms with Crippen LogP contribution in [0.5, 0.6) is 5.75 Å². The van der Waals surface area contributed by atoms with Gasteiger partial charge in [0, 0.05) is 5.41 Å². The Morgan fingerprint density at radius 3 is 2.58 bits per heavy atom. The molecule has 1 aromatic rings. The van der Waals surface area contributed by atoms with Gasteiger partial charge in [0.25, 0.3) is 0 Å². The lowest BCUT2D eigenvalue weighted by Gasteiger charge is -2.56. The molecule has 0 radical (unpaired) electrons. The summed E-state index contributed by atoms with van der Waals surface area (Å²) in [5, 5.41) is 22.1. The van der Waals surface area contributed by atoms with Gasteiger partial charge in [-0.1, -0.05) is 58.4 Å². The number of carbonyl (C=O) groups is 1. The van der Waals surface area contributed by atoms with E-state index < -0.39 is 5.60 Å². The molecule has 0 aromatic heterocycles. The Morgan fingerprint density at radius 1 is 1.08 bits per heavy atom. The van der Waals surface area contributed by atoms with E-state index in [-0.39, 0.29) is 23.9 Å². The van der Waals surface area contributed by atoms with Crippen LogP contribution in [0.3, 0.4) is 0 Å². The summed E-state index contributed by atoms with van der Waals surface area (Å²) in [6.07, 6.45) is 15.2. The minimum absolute atomic E-state index is 0.157. The number of phenols is 1. The summed E-state index contributed by atoms with van der Waals surface area (Å²) < 4.78 is 5.70. The first kappa shape index (κ1) is 28.0. The normalized spacial score (nSPS) is 35.5. The number of aliphatic hydroxyl groups is 1. The molecule has 3 aliphatic carbocycles. The summed E-state index contributed by atoms with van der Waals surface area (Å²) in [5.74, 6) is 1.98. The zero-order chi connectivity index (χ0) is 26.9. The lowest BCUT2D eigenvalue weighted by molar-refractivity contribution is -0.142. The highest BCUT2D eigenvalue weighted by Gasteiger charge is 2.71. The first-order chi connectivity index (χ1) is 18.3. The van der Waals surface area contributed by atoms with E-state index in [0.29, 0.717) is 29.4 Å². The maximum Gasteiger partial charge on any atom is 0.309 e. The first-order valence-electron chi connectivity index (χ1n) is 15.7. The third-order valence-electron chi connectivity index (χ3n) is 11.2. The van der Waals surface area contributed by atoms with Crippen molar-refractivity contribution in [3.05, 3.63) is 29.3 Å². The molecular weight excluding hydrogens is 474 g/mol. The van der Waals surface area contributed by atoms with Crippen molar-refractivity contribution in [2.45, 2.75) is 121 Å². The maximum absolute atomic E-state index is 12.2. The largest absolute Gasteiger partial charge is 0.508 e. The fourth-order valence-electron chi connectivity index (χ4n) is 9.17. The molecule has 1 aliphatic heterocycles. The van der Waals surface area contributed by atoms with Crippen LogP contribution in [0.4, 0.5) is 0 Å². The topological polar surface area (TPSA) is 70.0 Å². The van der Waals surface area contributed by atoms with Gasteiger partial charge in [0.1, 0.15) is 17.5 Å². The second kappa shape index (κ2) is 11.5. The molecule has 1 aromatic carbocycles. The number of aromatic hydroxyl groups is 1. The van der Waals surface area contributed by atoms with Crippen molar-refractivity contribution in [3.8, 4) is 5.75 Å². The van der Waals surface area contributed by atoms with Gasteiger partial charge in [-0.25, -0.2) is 0 Å². The third-order valence-corrected chi connectivity index (χ3v) is 11.2. The smallest absolute Gasteiger partial charge is 0.309 e. The van der Waals surface area contributed by atoms with Crippen molar-refractivity contribution in [1.82, 2.24) is 4.90 Å². The quantitative estimate of drug-likeness (QED) is 0.238. The Bertz CT molecular complexity index is 980. The minimum Gasteiger partial charge on any atom is -0.508 e. The number of phenolic OH excluding ortho intramolecular Hbond substituents is 1. The number of nitrogens with zero attached hydrogens (tertiary/aromatic N) is 1. The van der Waals surface area contributed by atoms with E-state index in [4.69, 9.17) is 4.74 Å². The molecule has 1 unspecified atom stereocenters. The Hall–Kier alpha value is -1.59. The van der Waals surface area contributed by atoms with Crippen LogP contribution in [-0.4, -0.2) is 52.9 Å².